The Balaban J connectivity index is 2.52. The van der Waals surface area contributed by atoms with Gasteiger partial charge < -0.3 is 5.32 Å². The number of benzene rings is 1. The van der Waals surface area contributed by atoms with Crippen molar-refractivity contribution in [2.24, 2.45) is 0 Å². The molecule has 0 saturated carbocycles. The van der Waals surface area contributed by atoms with Crippen LogP contribution in [0.25, 0.3) is 0 Å². The first-order valence-corrected chi connectivity index (χ1v) is 6.05. The van der Waals surface area contributed by atoms with Gasteiger partial charge in [0.1, 0.15) is 5.82 Å². The van der Waals surface area contributed by atoms with Gasteiger partial charge in [0.05, 0.1) is 16.8 Å². The molecule has 2 rings (SSSR count). The summed E-state index contributed by atoms with van der Waals surface area (Å²) in [7, 11) is 1.81. The van der Waals surface area contributed by atoms with Gasteiger partial charge in [0.15, 0.2) is 0 Å². The van der Waals surface area contributed by atoms with E-state index in [0.29, 0.717) is 10.7 Å². The van der Waals surface area contributed by atoms with Crippen molar-refractivity contribution in [3.63, 3.8) is 0 Å². The average Bonchev–Trinajstić information content (AvgIpc) is 2.36. The Bertz CT molecular complexity index is 557. The van der Waals surface area contributed by atoms with Crippen molar-refractivity contribution >= 4 is 11.6 Å². The maximum Gasteiger partial charge on any atom is 0.123 e. The lowest BCUT2D eigenvalue weighted by Gasteiger charge is -2.19. The number of hydrogen-bond donors (Lipinski definition) is 1. The van der Waals surface area contributed by atoms with Crippen LogP contribution in [0.5, 0.6) is 0 Å². The van der Waals surface area contributed by atoms with Crippen LogP contribution in [0.1, 0.15) is 22.9 Å². The van der Waals surface area contributed by atoms with Gasteiger partial charge in [-0.15, -0.1) is 0 Å². The summed E-state index contributed by atoms with van der Waals surface area (Å²) in [5, 5.41) is 3.70. The monoisotopic (exact) mass is 264 g/mol. The molecule has 1 atom stereocenters. The van der Waals surface area contributed by atoms with Crippen LogP contribution in [-0.2, 0) is 0 Å². The van der Waals surface area contributed by atoms with E-state index in [2.05, 4.69) is 10.3 Å². The lowest BCUT2D eigenvalue weighted by molar-refractivity contribution is 0.612. The third-order valence-corrected chi connectivity index (χ3v) is 3.22. The summed E-state index contributed by atoms with van der Waals surface area (Å²) in [5.74, 6) is -0.261. The van der Waals surface area contributed by atoms with E-state index in [0.717, 1.165) is 11.1 Å². The molecule has 0 aliphatic heterocycles. The van der Waals surface area contributed by atoms with Gasteiger partial charge in [-0.3, -0.25) is 4.98 Å². The van der Waals surface area contributed by atoms with E-state index in [9.17, 15) is 4.39 Å². The van der Waals surface area contributed by atoms with Gasteiger partial charge in [0, 0.05) is 6.20 Å². The smallest absolute Gasteiger partial charge is 0.123 e. The summed E-state index contributed by atoms with van der Waals surface area (Å²) < 4.78 is 13.4. The Hall–Kier alpha value is -1.45. The predicted molar refractivity (Wildman–Crippen MR) is 71.3 cm³/mol. The summed E-state index contributed by atoms with van der Waals surface area (Å²) >= 11 is 6.14. The molecule has 1 heterocycles. The molecular weight excluding hydrogens is 251 g/mol. The second-order valence-electron chi connectivity index (χ2n) is 4.09. The number of rotatable bonds is 3. The molecule has 0 fully saturated rings. The Morgan fingerprint density at radius 2 is 2.11 bits per heavy atom. The number of aromatic nitrogens is 1. The van der Waals surface area contributed by atoms with Crippen molar-refractivity contribution in [2.45, 2.75) is 13.0 Å². The molecule has 1 aromatic heterocycles. The van der Waals surface area contributed by atoms with Gasteiger partial charge in [-0.2, -0.15) is 0 Å². The van der Waals surface area contributed by atoms with Crippen LogP contribution in [0.3, 0.4) is 0 Å². The predicted octanol–water partition coefficient (Wildman–Crippen LogP) is 3.49. The molecule has 0 radical (unpaired) electrons. The van der Waals surface area contributed by atoms with Crippen LogP contribution in [0.2, 0.25) is 5.02 Å². The van der Waals surface area contributed by atoms with Crippen molar-refractivity contribution < 1.29 is 4.39 Å². The van der Waals surface area contributed by atoms with Gasteiger partial charge in [-0.1, -0.05) is 17.7 Å². The quantitative estimate of drug-likeness (QED) is 0.918. The Morgan fingerprint density at radius 3 is 2.78 bits per heavy atom. The number of hydrogen-bond acceptors (Lipinski definition) is 2. The zero-order valence-corrected chi connectivity index (χ0v) is 11.0. The molecule has 1 aromatic carbocycles. The molecule has 0 bridgehead atoms. The minimum atomic E-state index is -0.261. The number of halogens is 2. The lowest BCUT2D eigenvalue weighted by Crippen LogP contribution is -2.20. The molecule has 18 heavy (non-hydrogen) atoms. The molecule has 94 valence electrons. The standard InChI is InChI=1S/C14H14ClFN2/c1-9-5-6-10(16)8-11(9)13(17-2)14-12(15)4-3-7-18-14/h3-8,13,17H,1-2H3. The number of pyridine rings is 1. The average molecular weight is 265 g/mol. The minimum absolute atomic E-state index is 0.214. The van der Waals surface area contributed by atoms with E-state index >= 15 is 0 Å². The topological polar surface area (TPSA) is 24.9 Å². The van der Waals surface area contributed by atoms with Crippen LogP contribution in [0.15, 0.2) is 36.5 Å². The van der Waals surface area contributed by atoms with E-state index in [1.807, 2.05) is 6.92 Å². The fraction of sp³-hybridized carbons (Fsp3) is 0.214. The normalized spacial score (nSPS) is 12.4. The first kappa shape index (κ1) is 13.0. The molecule has 0 aliphatic rings. The zero-order valence-electron chi connectivity index (χ0n) is 10.2. The van der Waals surface area contributed by atoms with E-state index < -0.39 is 0 Å². The summed E-state index contributed by atoms with van der Waals surface area (Å²) in [6.07, 6.45) is 1.68. The van der Waals surface area contributed by atoms with Gasteiger partial charge in [0.25, 0.3) is 0 Å². The number of aryl methyl sites for hydroxylation is 1. The molecular formula is C14H14ClFN2. The summed E-state index contributed by atoms with van der Waals surface area (Å²) in [6, 6.07) is 8.06. The highest BCUT2D eigenvalue weighted by Gasteiger charge is 2.18. The van der Waals surface area contributed by atoms with Crippen LogP contribution in [0, 0.1) is 12.7 Å². The van der Waals surface area contributed by atoms with Crippen molar-refractivity contribution in [1.82, 2.24) is 10.3 Å². The molecule has 4 heteroatoms. The van der Waals surface area contributed by atoms with Gasteiger partial charge >= 0.3 is 0 Å². The van der Waals surface area contributed by atoms with Gasteiger partial charge in [0.2, 0.25) is 0 Å². The third kappa shape index (κ3) is 2.52. The minimum Gasteiger partial charge on any atom is -0.308 e. The van der Waals surface area contributed by atoms with Crippen molar-refractivity contribution in [3.05, 3.63) is 64.2 Å². The van der Waals surface area contributed by atoms with Crippen molar-refractivity contribution in [3.8, 4) is 0 Å². The highest BCUT2D eigenvalue weighted by Crippen LogP contribution is 2.28. The highest BCUT2D eigenvalue weighted by atomic mass is 35.5. The maximum atomic E-state index is 13.4. The first-order chi connectivity index (χ1) is 8.63. The fourth-order valence-electron chi connectivity index (χ4n) is 1.97. The van der Waals surface area contributed by atoms with Crippen LogP contribution in [-0.4, -0.2) is 12.0 Å². The van der Waals surface area contributed by atoms with E-state index in [-0.39, 0.29) is 11.9 Å². The van der Waals surface area contributed by atoms with E-state index in [1.165, 1.54) is 12.1 Å². The van der Waals surface area contributed by atoms with E-state index in [1.54, 1.807) is 31.4 Å². The molecule has 0 spiro atoms. The maximum absolute atomic E-state index is 13.4. The van der Waals surface area contributed by atoms with Gasteiger partial charge in [-0.25, -0.2) is 4.39 Å². The Labute approximate surface area is 111 Å². The molecule has 2 aromatic rings. The second kappa shape index (κ2) is 5.46. The Kier molecular flexibility index (Phi) is 3.94. The highest BCUT2D eigenvalue weighted by molar-refractivity contribution is 6.31. The van der Waals surface area contributed by atoms with Crippen molar-refractivity contribution in [1.29, 1.82) is 0 Å². The molecule has 2 nitrogen and oxygen atoms in total. The number of nitrogens with one attached hydrogen (secondary N) is 1. The fourth-order valence-corrected chi connectivity index (χ4v) is 2.20. The Morgan fingerprint density at radius 1 is 1.33 bits per heavy atom. The molecule has 1 unspecified atom stereocenters. The first-order valence-electron chi connectivity index (χ1n) is 5.67. The molecule has 0 amide bonds. The largest absolute Gasteiger partial charge is 0.308 e. The lowest BCUT2D eigenvalue weighted by atomic mass is 9.98. The van der Waals surface area contributed by atoms with Crippen LogP contribution in [0.4, 0.5) is 4.39 Å². The van der Waals surface area contributed by atoms with Crippen LogP contribution >= 0.6 is 11.6 Å². The van der Waals surface area contributed by atoms with Crippen LogP contribution < -0.4 is 5.32 Å². The third-order valence-electron chi connectivity index (χ3n) is 2.90. The molecule has 0 aliphatic carbocycles. The summed E-state index contributed by atoms with van der Waals surface area (Å²) in [4.78, 5) is 4.28. The molecule has 1 N–H and O–H groups in total. The van der Waals surface area contributed by atoms with Crippen molar-refractivity contribution in [2.75, 3.05) is 7.05 Å². The SMILES string of the molecule is CNC(c1cc(F)ccc1C)c1ncccc1Cl. The molecule has 0 saturated heterocycles. The van der Waals surface area contributed by atoms with E-state index in [4.69, 9.17) is 11.6 Å². The zero-order chi connectivity index (χ0) is 13.1. The second-order valence-corrected chi connectivity index (χ2v) is 4.50. The number of nitrogens with zero attached hydrogens (tertiary/aromatic N) is 1. The van der Waals surface area contributed by atoms with Gasteiger partial charge in [-0.05, 0) is 49.4 Å². The summed E-state index contributed by atoms with van der Waals surface area (Å²) in [6.45, 7) is 1.94. The summed E-state index contributed by atoms with van der Waals surface area (Å²) in [5.41, 5.74) is 2.55.